The number of aromatic amines is 1. The van der Waals surface area contributed by atoms with Crippen molar-refractivity contribution in [2.24, 2.45) is 12.0 Å². The summed E-state index contributed by atoms with van der Waals surface area (Å²) in [4.78, 5) is 22.1. The number of carbonyl (C=O) groups is 1. The van der Waals surface area contributed by atoms with E-state index in [1.165, 1.54) is 0 Å². The maximum Gasteiger partial charge on any atom is 0.210 e. The monoisotopic (exact) mass is 384 g/mol. The first-order valence-electron chi connectivity index (χ1n) is 9.09. The molecule has 29 heavy (non-hydrogen) atoms. The normalized spacial score (nSPS) is 11.6. The van der Waals surface area contributed by atoms with Gasteiger partial charge in [-0.2, -0.15) is 5.10 Å². The molecule has 1 aromatic carbocycles. The number of aryl methyl sites for hydroxylation is 2. The summed E-state index contributed by atoms with van der Waals surface area (Å²) in [5, 5.41) is 11.0. The minimum atomic E-state index is -0.241. The molecule has 0 radical (unpaired) electrons. The summed E-state index contributed by atoms with van der Waals surface area (Å²) in [5.41, 5.74) is 3.03. The third-order valence-electron chi connectivity index (χ3n) is 4.53. The van der Waals surface area contributed by atoms with Gasteiger partial charge in [-0.15, -0.1) is 0 Å². The summed E-state index contributed by atoms with van der Waals surface area (Å²) >= 11 is 0. The number of amidine groups is 1. The van der Waals surface area contributed by atoms with Crippen molar-refractivity contribution in [3.8, 4) is 0 Å². The van der Waals surface area contributed by atoms with Gasteiger partial charge in [0.25, 0.3) is 0 Å². The predicted octanol–water partition coefficient (Wildman–Crippen LogP) is 3.67. The van der Waals surface area contributed by atoms with Crippen molar-refractivity contribution in [1.82, 2.24) is 25.1 Å². The van der Waals surface area contributed by atoms with Gasteiger partial charge in [-0.3, -0.25) is 14.9 Å². The fourth-order valence-electron chi connectivity index (χ4n) is 3.08. The summed E-state index contributed by atoms with van der Waals surface area (Å²) in [6.07, 6.45) is 3.58. The van der Waals surface area contributed by atoms with Gasteiger partial charge < -0.3 is 9.88 Å². The van der Waals surface area contributed by atoms with Crippen LogP contribution in [0.2, 0.25) is 0 Å². The number of aliphatic imine (C=N–C) groups is 1. The van der Waals surface area contributed by atoms with E-state index in [-0.39, 0.29) is 11.5 Å². The predicted molar refractivity (Wildman–Crippen MR) is 113 cm³/mol. The highest BCUT2D eigenvalue weighted by Crippen LogP contribution is 2.19. The second-order valence-corrected chi connectivity index (χ2v) is 6.69. The fourth-order valence-corrected chi connectivity index (χ4v) is 3.08. The summed E-state index contributed by atoms with van der Waals surface area (Å²) in [7, 11) is 1.90. The Hall–Kier alpha value is -4.00. The van der Waals surface area contributed by atoms with E-state index >= 15 is 0 Å². The van der Waals surface area contributed by atoms with Crippen LogP contribution < -0.4 is 5.32 Å². The van der Waals surface area contributed by atoms with E-state index in [4.69, 9.17) is 0 Å². The standard InChI is InChI=1S/C22H20N6O/c1-14-13-19(27-26-14)25-22(18-10-6-12-28(18)3)24-15(2)21(29)17-9-4-7-16-8-5-11-23-20(16)17/h4-13H,2H2,1,3H3,(H2,24,25,26,27). The largest absolute Gasteiger partial charge is 0.348 e. The van der Waals surface area contributed by atoms with E-state index < -0.39 is 0 Å². The lowest BCUT2D eigenvalue weighted by atomic mass is 10.0. The van der Waals surface area contributed by atoms with Gasteiger partial charge in [0.05, 0.1) is 22.5 Å². The zero-order valence-electron chi connectivity index (χ0n) is 16.2. The molecule has 7 nitrogen and oxygen atoms in total. The molecule has 0 aliphatic carbocycles. The fraction of sp³-hybridized carbons (Fsp3) is 0.0909. The molecule has 144 valence electrons. The third-order valence-corrected chi connectivity index (χ3v) is 4.53. The number of benzene rings is 1. The number of nitrogens with one attached hydrogen (secondary N) is 2. The summed E-state index contributed by atoms with van der Waals surface area (Å²) in [6, 6.07) is 14.9. The van der Waals surface area contributed by atoms with Gasteiger partial charge in [0, 0.05) is 36.6 Å². The lowest BCUT2D eigenvalue weighted by Crippen LogP contribution is -2.29. The van der Waals surface area contributed by atoms with Gasteiger partial charge in [-0.05, 0) is 31.2 Å². The van der Waals surface area contributed by atoms with Crippen molar-refractivity contribution in [2.75, 3.05) is 0 Å². The van der Waals surface area contributed by atoms with E-state index in [0.29, 0.717) is 22.7 Å². The van der Waals surface area contributed by atoms with Crippen LogP contribution in [0.4, 0.5) is 5.82 Å². The number of hydrogen-bond donors (Lipinski definition) is 2. The zero-order chi connectivity index (χ0) is 20.4. The van der Waals surface area contributed by atoms with Gasteiger partial charge in [-0.1, -0.05) is 24.8 Å². The number of fused-ring (bicyclic) bond motifs is 1. The van der Waals surface area contributed by atoms with Crippen molar-refractivity contribution in [3.63, 3.8) is 0 Å². The Morgan fingerprint density at radius 1 is 1.21 bits per heavy atom. The summed E-state index contributed by atoms with van der Waals surface area (Å²) in [6.45, 7) is 5.86. The SMILES string of the molecule is C=C(NC(=Nc1cc(C)[nH]n1)c1cccn1C)C(=O)c1cccc2cccnc12. The van der Waals surface area contributed by atoms with Gasteiger partial charge in [0.2, 0.25) is 5.78 Å². The quantitative estimate of drug-likeness (QED) is 0.238. The van der Waals surface area contributed by atoms with Crippen LogP contribution in [0.1, 0.15) is 21.7 Å². The molecule has 4 rings (SSSR count). The van der Waals surface area contributed by atoms with Crippen LogP contribution in [0.15, 0.2) is 78.2 Å². The molecule has 7 heteroatoms. The van der Waals surface area contributed by atoms with E-state index in [1.54, 1.807) is 12.3 Å². The Bertz CT molecular complexity index is 1240. The van der Waals surface area contributed by atoms with E-state index in [1.807, 2.05) is 67.2 Å². The summed E-state index contributed by atoms with van der Waals surface area (Å²) < 4.78 is 1.91. The lowest BCUT2D eigenvalue weighted by Gasteiger charge is -2.13. The number of allylic oxidation sites excluding steroid dienone is 1. The molecule has 2 N–H and O–H groups in total. The van der Waals surface area contributed by atoms with Crippen LogP contribution in [0.3, 0.4) is 0 Å². The molecule has 0 aliphatic rings. The maximum atomic E-state index is 13.1. The van der Waals surface area contributed by atoms with Crippen LogP contribution in [0.5, 0.6) is 0 Å². The smallest absolute Gasteiger partial charge is 0.210 e. The minimum Gasteiger partial charge on any atom is -0.348 e. The van der Waals surface area contributed by atoms with Crippen molar-refractivity contribution in [2.45, 2.75) is 6.92 Å². The topological polar surface area (TPSA) is 88.0 Å². The van der Waals surface area contributed by atoms with Gasteiger partial charge >= 0.3 is 0 Å². The molecule has 0 amide bonds. The lowest BCUT2D eigenvalue weighted by molar-refractivity contribution is 0.103. The van der Waals surface area contributed by atoms with Crippen LogP contribution in [-0.2, 0) is 7.05 Å². The van der Waals surface area contributed by atoms with E-state index in [2.05, 4.69) is 32.1 Å². The summed E-state index contributed by atoms with van der Waals surface area (Å²) in [5.74, 6) is 0.753. The van der Waals surface area contributed by atoms with Gasteiger partial charge in [0.1, 0.15) is 0 Å². The second-order valence-electron chi connectivity index (χ2n) is 6.69. The highest BCUT2D eigenvalue weighted by molar-refractivity contribution is 6.17. The molecule has 0 saturated carbocycles. The molecule has 3 aromatic heterocycles. The molecule has 0 bridgehead atoms. The number of nitrogens with zero attached hydrogens (tertiary/aromatic N) is 4. The number of carbonyl (C=O) groups excluding carboxylic acids is 1. The third kappa shape index (κ3) is 3.70. The highest BCUT2D eigenvalue weighted by atomic mass is 16.1. The first kappa shape index (κ1) is 18.4. The van der Waals surface area contributed by atoms with Crippen molar-refractivity contribution < 1.29 is 4.79 Å². The number of Topliss-reactive ketones (excluding diaryl/α,β-unsaturated/α-hetero) is 1. The number of H-pyrrole nitrogens is 1. The van der Waals surface area contributed by atoms with Crippen LogP contribution in [0.25, 0.3) is 10.9 Å². The molecule has 0 unspecified atom stereocenters. The Balaban J connectivity index is 1.68. The highest BCUT2D eigenvalue weighted by Gasteiger charge is 2.18. The van der Waals surface area contributed by atoms with Crippen molar-refractivity contribution >= 4 is 28.3 Å². The second kappa shape index (κ2) is 7.55. The van der Waals surface area contributed by atoms with Crippen LogP contribution in [0, 0.1) is 6.92 Å². The minimum absolute atomic E-state index is 0.204. The first-order valence-corrected chi connectivity index (χ1v) is 9.09. The molecule has 0 spiro atoms. The Morgan fingerprint density at radius 3 is 2.76 bits per heavy atom. The van der Waals surface area contributed by atoms with Crippen molar-refractivity contribution in [1.29, 1.82) is 0 Å². The Kier molecular flexibility index (Phi) is 4.78. The molecule has 3 heterocycles. The first-order chi connectivity index (χ1) is 14.0. The number of para-hydroxylation sites is 1. The molecular formula is C22H20N6O. The molecule has 0 aliphatic heterocycles. The number of rotatable bonds is 5. The number of ketones is 1. The molecular weight excluding hydrogens is 364 g/mol. The molecule has 0 atom stereocenters. The maximum absolute atomic E-state index is 13.1. The van der Waals surface area contributed by atoms with Gasteiger partial charge in [0.15, 0.2) is 11.7 Å². The Morgan fingerprint density at radius 2 is 2.03 bits per heavy atom. The number of aromatic nitrogens is 4. The average molecular weight is 384 g/mol. The van der Waals surface area contributed by atoms with E-state index in [0.717, 1.165) is 16.8 Å². The Labute approximate surface area is 167 Å². The molecule has 0 fully saturated rings. The van der Waals surface area contributed by atoms with Crippen LogP contribution >= 0.6 is 0 Å². The molecule has 0 saturated heterocycles. The van der Waals surface area contributed by atoms with Gasteiger partial charge in [-0.25, -0.2) is 4.99 Å². The number of pyridine rings is 1. The van der Waals surface area contributed by atoms with Crippen LogP contribution in [-0.4, -0.2) is 31.4 Å². The molecule has 4 aromatic rings. The zero-order valence-corrected chi connectivity index (χ0v) is 16.2. The number of hydrogen-bond acceptors (Lipinski definition) is 4. The van der Waals surface area contributed by atoms with Crippen molar-refractivity contribution in [3.05, 3.63) is 90.2 Å². The van der Waals surface area contributed by atoms with E-state index in [9.17, 15) is 4.79 Å². The average Bonchev–Trinajstić information content (AvgIpc) is 3.34.